The highest BCUT2D eigenvalue weighted by Gasteiger charge is 2.25. The molecule has 1 aliphatic rings. The first-order valence-corrected chi connectivity index (χ1v) is 8.04. The molecule has 2 atom stereocenters. The van der Waals surface area contributed by atoms with Crippen LogP contribution in [0.5, 0.6) is 0 Å². The van der Waals surface area contributed by atoms with Crippen molar-refractivity contribution in [3.63, 3.8) is 0 Å². The molecule has 78 valence electrons. The van der Waals surface area contributed by atoms with E-state index in [0.717, 1.165) is 24.3 Å². The van der Waals surface area contributed by atoms with Crippen LogP contribution in [0, 0.1) is 5.92 Å². The fourth-order valence-electron chi connectivity index (χ4n) is 1.44. The van der Waals surface area contributed by atoms with Crippen LogP contribution in [0.2, 0.25) is 0 Å². The molecule has 5 heteroatoms. The normalized spacial score (nSPS) is 29.4. The highest BCUT2D eigenvalue weighted by molar-refractivity contribution is 7.99. The molecule has 2 nitrogen and oxygen atoms in total. The number of hydrogen-bond acceptors (Lipinski definition) is 3. The molecule has 0 saturated carbocycles. The van der Waals surface area contributed by atoms with Crippen molar-refractivity contribution >= 4 is 33.2 Å². The van der Waals surface area contributed by atoms with Crippen molar-refractivity contribution < 1.29 is 8.42 Å². The van der Waals surface area contributed by atoms with Crippen LogP contribution in [0.25, 0.3) is 0 Å². The number of thioether (sulfide) groups is 1. The second kappa shape index (κ2) is 4.89. The minimum absolute atomic E-state index is 0.254. The van der Waals surface area contributed by atoms with Crippen molar-refractivity contribution in [2.24, 2.45) is 5.92 Å². The Morgan fingerprint density at radius 2 is 2.15 bits per heavy atom. The van der Waals surface area contributed by atoms with Gasteiger partial charge in [0, 0.05) is 23.1 Å². The first kappa shape index (κ1) is 11.7. The van der Waals surface area contributed by atoms with Crippen molar-refractivity contribution in [3.8, 4) is 0 Å². The molecule has 0 aromatic carbocycles. The van der Waals surface area contributed by atoms with Crippen molar-refractivity contribution in [3.05, 3.63) is 0 Å². The quantitative estimate of drug-likeness (QED) is 0.705. The second-order valence-electron chi connectivity index (χ2n) is 3.59. The molecule has 0 spiro atoms. The van der Waals surface area contributed by atoms with Gasteiger partial charge in [-0.15, -0.1) is 11.6 Å². The molecule has 0 aromatic heterocycles. The van der Waals surface area contributed by atoms with Gasteiger partial charge in [-0.3, -0.25) is 0 Å². The predicted molar refractivity (Wildman–Crippen MR) is 59.4 cm³/mol. The first-order valence-electron chi connectivity index (χ1n) is 4.38. The summed E-state index contributed by atoms with van der Waals surface area (Å²) < 4.78 is 21.7. The second-order valence-corrected chi connectivity index (χ2v) is 7.48. The lowest BCUT2D eigenvalue weighted by atomic mass is 10.0. The number of hydrogen-bond donors (Lipinski definition) is 0. The summed E-state index contributed by atoms with van der Waals surface area (Å²) in [5.74, 6) is 2.94. The lowest BCUT2D eigenvalue weighted by Crippen LogP contribution is -2.13. The highest BCUT2D eigenvalue weighted by atomic mass is 35.5. The zero-order valence-corrected chi connectivity index (χ0v) is 10.1. The summed E-state index contributed by atoms with van der Waals surface area (Å²) in [6, 6.07) is 0. The Balaban J connectivity index is 2.19. The topological polar surface area (TPSA) is 34.1 Å². The van der Waals surface area contributed by atoms with Gasteiger partial charge >= 0.3 is 0 Å². The maximum absolute atomic E-state index is 10.8. The Hall–Kier alpha value is 0.590. The third-order valence-electron chi connectivity index (χ3n) is 2.21. The van der Waals surface area contributed by atoms with Gasteiger partial charge in [0.25, 0.3) is 0 Å². The van der Waals surface area contributed by atoms with Crippen LogP contribution < -0.4 is 0 Å². The summed E-state index contributed by atoms with van der Waals surface area (Å²) in [4.78, 5) is 0. The Morgan fingerprint density at radius 1 is 1.46 bits per heavy atom. The van der Waals surface area contributed by atoms with E-state index in [9.17, 15) is 8.42 Å². The molecule has 13 heavy (non-hydrogen) atoms. The Bertz CT molecular complexity index is 251. The zero-order valence-electron chi connectivity index (χ0n) is 7.70. The molecule has 1 saturated heterocycles. The van der Waals surface area contributed by atoms with Crippen molar-refractivity contribution in [2.75, 3.05) is 23.5 Å². The predicted octanol–water partition coefficient (Wildman–Crippen LogP) is 1.78. The monoisotopic (exact) mass is 242 g/mol. The average Bonchev–Trinajstić information content (AvgIpc) is 2.34. The van der Waals surface area contributed by atoms with Gasteiger partial charge in [0.15, 0.2) is 0 Å². The Labute approximate surface area is 89.3 Å². The minimum atomic E-state index is -2.78. The van der Waals surface area contributed by atoms with Crippen molar-refractivity contribution in [2.45, 2.75) is 18.2 Å². The van der Waals surface area contributed by atoms with Gasteiger partial charge in [-0.05, 0) is 24.5 Å². The molecule has 0 aliphatic carbocycles. The van der Waals surface area contributed by atoms with Crippen LogP contribution in [-0.2, 0) is 9.84 Å². The van der Waals surface area contributed by atoms with Crippen LogP contribution in [-0.4, -0.2) is 37.3 Å². The molecule has 0 bridgehead atoms. The van der Waals surface area contributed by atoms with Crippen molar-refractivity contribution in [1.82, 2.24) is 0 Å². The molecule has 0 aromatic rings. The maximum Gasteiger partial charge on any atom is 0.147 e. The molecule has 2 unspecified atom stereocenters. The fourth-order valence-corrected chi connectivity index (χ4v) is 4.06. The lowest BCUT2D eigenvalue weighted by Gasteiger charge is -2.11. The van der Waals surface area contributed by atoms with Gasteiger partial charge in [0.2, 0.25) is 0 Å². The van der Waals surface area contributed by atoms with Crippen molar-refractivity contribution in [1.29, 1.82) is 0 Å². The molecular formula is C8H15ClO2S2. The van der Waals surface area contributed by atoms with Gasteiger partial charge in [0.05, 0.1) is 0 Å². The SMILES string of the molecule is CS(=O)(=O)CCCC1CSCC1Cl. The summed E-state index contributed by atoms with van der Waals surface area (Å²) in [5.41, 5.74) is 0. The number of sulfone groups is 1. The molecule has 1 aliphatic heterocycles. The highest BCUT2D eigenvalue weighted by Crippen LogP contribution is 2.31. The van der Waals surface area contributed by atoms with E-state index in [1.165, 1.54) is 6.26 Å². The molecule has 1 fully saturated rings. The third kappa shape index (κ3) is 4.56. The number of rotatable bonds is 4. The molecule has 0 N–H and O–H groups in total. The Morgan fingerprint density at radius 3 is 2.62 bits per heavy atom. The number of halogens is 1. The van der Waals surface area contributed by atoms with Gasteiger partial charge in [0.1, 0.15) is 9.84 Å². The molecule has 1 rings (SSSR count). The minimum Gasteiger partial charge on any atom is -0.229 e. The average molecular weight is 243 g/mol. The molecular weight excluding hydrogens is 228 g/mol. The van der Waals surface area contributed by atoms with Gasteiger partial charge < -0.3 is 0 Å². The van der Waals surface area contributed by atoms with Crippen LogP contribution in [0.1, 0.15) is 12.8 Å². The summed E-state index contributed by atoms with van der Waals surface area (Å²) in [7, 11) is -2.78. The summed E-state index contributed by atoms with van der Waals surface area (Å²) in [5, 5.41) is 0.254. The zero-order chi connectivity index (χ0) is 9.90. The van der Waals surface area contributed by atoms with Gasteiger partial charge in [-0.2, -0.15) is 11.8 Å². The standard InChI is InChI=1S/C8H15ClO2S2/c1-13(10,11)4-2-3-7-5-12-6-8(7)9/h7-8H,2-6H2,1H3. The van der Waals surface area contributed by atoms with Gasteiger partial charge in [-0.1, -0.05) is 0 Å². The van der Waals surface area contributed by atoms with Gasteiger partial charge in [-0.25, -0.2) is 8.42 Å². The molecule has 1 heterocycles. The largest absolute Gasteiger partial charge is 0.229 e. The van der Waals surface area contributed by atoms with E-state index in [-0.39, 0.29) is 5.38 Å². The Kier molecular flexibility index (Phi) is 4.39. The van der Waals surface area contributed by atoms with E-state index in [0.29, 0.717) is 11.7 Å². The first-order chi connectivity index (χ1) is 5.99. The van der Waals surface area contributed by atoms with E-state index in [2.05, 4.69) is 0 Å². The van der Waals surface area contributed by atoms with E-state index >= 15 is 0 Å². The van der Waals surface area contributed by atoms with E-state index in [1.54, 1.807) is 0 Å². The van der Waals surface area contributed by atoms with Crippen LogP contribution in [0.4, 0.5) is 0 Å². The number of alkyl halides is 1. The summed E-state index contributed by atoms with van der Waals surface area (Å²) in [6.07, 6.45) is 3.00. The smallest absolute Gasteiger partial charge is 0.147 e. The van der Waals surface area contributed by atoms with Crippen LogP contribution >= 0.6 is 23.4 Å². The molecule has 0 amide bonds. The summed E-state index contributed by atoms with van der Waals surface area (Å²) >= 11 is 7.92. The van der Waals surface area contributed by atoms with E-state index in [4.69, 9.17) is 11.6 Å². The van der Waals surface area contributed by atoms with E-state index in [1.807, 2.05) is 11.8 Å². The lowest BCUT2D eigenvalue weighted by molar-refractivity contribution is 0.538. The maximum atomic E-state index is 10.8. The fraction of sp³-hybridized carbons (Fsp3) is 1.00. The summed E-state index contributed by atoms with van der Waals surface area (Å²) in [6.45, 7) is 0. The van der Waals surface area contributed by atoms with E-state index < -0.39 is 9.84 Å². The molecule has 0 radical (unpaired) electrons. The van der Waals surface area contributed by atoms with Crippen LogP contribution in [0.3, 0.4) is 0 Å². The third-order valence-corrected chi connectivity index (χ3v) is 5.19. The van der Waals surface area contributed by atoms with Crippen LogP contribution in [0.15, 0.2) is 0 Å².